The molecule has 1 fully saturated rings. The van der Waals surface area contributed by atoms with Gasteiger partial charge in [0.05, 0.1) is 13.0 Å². The number of esters is 1. The Labute approximate surface area is 142 Å². The van der Waals surface area contributed by atoms with Crippen LogP contribution in [0.5, 0.6) is 0 Å². The lowest BCUT2D eigenvalue weighted by Crippen LogP contribution is -2.57. The number of carbonyl (C=O) groups excluding carboxylic acids is 2. The number of carbonyl (C=O) groups is 2. The Morgan fingerprint density at radius 3 is 2.35 bits per heavy atom. The molecule has 5 heteroatoms. The molecule has 0 saturated heterocycles. The Morgan fingerprint density at radius 1 is 1.26 bits per heavy atom. The van der Waals surface area contributed by atoms with Crippen LogP contribution in [0, 0.1) is 5.92 Å². The summed E-state index contributed by atoms with van der Waals surface area (Å²) in [6.45, 7) is 3.99. The van der Waals surface area contributed by atoms with Crippen molar-refractivity contribution in [1.29, 1.82) is 0 Å². The van der Waals surface area contributed by atoms with Crippen molar-refractivity contribution in [3.63, 3.8) is 0 Å². The lowest BCUT2D eigenvalue weighted by Gasteiger charge is -2.38. The lowest BCUT2D eigenvalue weighted by molar-refractivity contribution is -0.153. The van der Waals surface area contributed by atoms with Crippen molar-refractivity contribution in [3.8, 4) is 0 Å². The molecule has 1 aromatic rings. The zero-order chi connectivity index (χ0) is 17.0. The molecule has 0 bridgehead atoms. The van der Waals surface area contributed by atoms with Crippen LogP contribution in [0.1, 0.15) is 51.0 Å². The fourth-order valence-corrected chi connectivity index (χ4v) is 3.20. The van der Waals surface area contributed by atoms with E-state index in [-0.39, 0.29) is 17.8 Å². The molecule has 4 nitrogen and oxygen atoms in total. The van der Waals surface area contributed by atoms with Gasteiger partial charge in [-0.3, -0.25) is 4.79 Å². The summed E-state index contributed by atoms with van der Waals surface area (Å²) < 4.78 is 4.96. The summed E-state index contributed by atoms with van der Waals surface area (Å²) in [5.41, 5.74) is -0.0185. The van der Waals surface area contributed by atoms with E-state index in [1.807, 2.05) is 19.1 Å². The molecule has 2 rings (SSSR count). The predicted molar refractivity (Wildman–Crippen MR) is 90.4 cm³/mol. The number of nitrogens with one attached hydrogen (secondary N) is 1. The van der Waals surface area contributed by atoms with Gasteiger partial charge in [0, 0.05) is 5.02 Å². The molecule has 1 atom stereocenters. The summed E-state index contributed by atoms with van der Waals surface area (Å²) in [7, 11) is 1.37. The maximum Gasteiger partial charge on any atom is 0.331 e. The van der Waals surface area contributed by atoms with Gasteiger partial charge in [0.2, 0.25) is 5.91 Å². The normalized spacial score (nSPS) is 25.5. The zero-order valence-electron chi connectivity index (χ0n) is 13.9. The van der Waals surface area contributed by atoms with Crippen LogP contribution in [0.4, 0.5) is 0 Å². The van der Waals surface area contributed by atoms with Crippen LogP contribution in [0.3, 0.4) is 0 Å². The SMILES string of the molecule is COC(=O)C1(NC(=O)C(C)c2ccc(Cl)cc2)CCC(C)CC1. The van der Waals surface area contributed by atoms with Gasteiger partial charge >= 0.3 is 5.97 Å². The average Bonchev–Trinajstić information content (AvgIpc) is 2.56. The fourth-order valence-electron chi connectivity index (χ4n) is 3.08. The molecule has 0 aliphatic heterocycles. The Morgan fingerprint density at radius 2 is 1.83 bits per heavy atom. The van der Waals surface area contributed by atoms with E-state index in [0.717, 1.165) is 18.4 Å². The first-order valence-electron chi connectivity index (χ1n) is 8.04. The standard InChI is InChI=1S/C18H24ClNO3/c1-12-8-10-18(11-9-12,17(22)23-3)20-16(21)13(2)14-4-6-15(19)7-5-14/h4-7,12-13H,8-11H2,1-3H3,(H,20,21). The van der Waals surface area contributed by atoms with Crippen molar-refractivity contribution in [3.05, 3.63) is 34.9 Å². The van der Waals surface area contributed by atoms with Gasteiger partial charge in [0.15, 0.2) is 0 Å². The van der Waals surface area contributed by atoms with Crippen LogP contribution in [0.2, 0.25) is 5.02 Å². The molecule has 1 saturated carbocycles. The highest BCUT2D eigenvalue weighted by Crippen LogP contribution is 2.33. The first-order valence-corrected chi connectivity index (χ1v) is 8.41. The Balaban J connectivity index is 2.14. The van der Waals surface area contributed by atoms with Crippen LogP contribution >= 0.6 is 11.6 Å². The van der Waals surface area contributed by atoms with E-state index in [1.165, 1.54) is 7.11 Å². The third kappa shape index (κ3) is 4.05. The zero-order valence-corrected chi connectivity index (χ0v) is 14.7. The van der Waals surface area contributed by atoms with Gasteiger partial charge in [0.25, 0.3) is 0 Å². The highest BCUT2D eigenvalue weighted by molar-refractivity contribution is 6.30. The average molecular weight is 338 g/mol. The van der Waals surface area contributed by atoms with Crippen molar-refractivity contribution >= 4 is 23.5 Å². The summed E-state index contributed by atoms with van der Waals surface area (Å²) in [5.74, 6) is -0.292. The van der Waals surface area contributed by atoms with Crippen molar-refractivity contribution in [1.82, 2.24) is 5.32 Å². The largest absolute Gasteiger partial charge is 0.467 e. The van der Waals surface area contributed by atoms with Gasteiger partial charge in [-0.1, -0.05) is 30.7 Å². The molecular weight excluding hydrogens is 314 g/mol. The van der Waals surface area contributed by atoms with E-state index in [9.17, 15) is 9.59 Å². The molecule has 1 amide bonds. The topological polar surface area (TPSA) is 55.4 Å². The molecule has 1 unspecified atom stereocenters. The van der Waals surface area contributed by atoms with Crippen molar-refractivity contribution in [2.45, 2.75) is 51.0 Å². The first-order chi connectivity index (χ1) is 10.9. The Bertz CT molecular complexity index is 562. The van der Waals surface area contributed by atoms with Crippen molar-refractivity contribution in [2.24, 2.45) is 5.92 Å². The summed E-state index contributed by atoms with van der Waals surface area (Å²) in [4.78, 5) is 24.9. The molecule has 0 aromatic heterocycles. The van der Waals surface area contributed by atoms with Crippen molar-refractivity contribution < 1.29 is 14.3 Å². The Kier molecular flexibility index (Phi) is 5.69. The van der Waals surface area contributed by atoms with E-state index < -0.39 is 5.54 Å². The minimum atomic E-state index is -0.890. The van der Waals surface area contributed by atoms with E-state index in [1.54, 1.807) is 12.1 Å². The number of ether oxygens (including phenoxy) is 1. The molecule has 1 aromatic carbocycles. The number of amides is 1. The van der Waals surface area contributed by atoms with Gasteiger partial charge in [-0.15, -0.1) is 0 Å². The molecule has 1 N–H and O–H groups in total. The van der Waals surface area contributed by atoms with Gasteiger partial charge in [-0.05, 0) is 56.2 Å². The number of hydrogen-bond acceptors (Lipinski definition) is 3. The van der Waals surface area contributed by atoms with Gasteiger partial charge in [0.1, 0.15) is 5.54 Å². The van der Waals surface area contributed by atoms with Crippen LogP contribution < -0.4 is 5.32 Å². The van der Waals surface area contributed by atoms with E-state index in [4.69, 9.17) is 16.3 Å². The summed E-state index contributed by atoms with van der Waals surface area (Å²) in [5, 5.41) is 3.60. The minimum Gasteiger partial charge on any atom is -0.467 e. The number of hydrogen-bond donors (Lipinski definition) is 1. The third-order valence-corrected chi connectivity index (χ3v) is 5.08. The number of halogens is 1. The minimum absolute atomic E-state index is 0.160. The second-order valence-corrected chi connectivity index (χ2v) is 6.96. The first kappa shape index (κ1) is 17.8. The molecule has 0 heterocycles. The smallest absolute Gasteiger partial charge is 0.331 e. The van der Waals surface area contributed by atoms with Crippen LogP contribution in [0.25, 0.3) is 0 Å². The molecular formula is C18H24ClNO3. The van der Waals surface area contributed by atoms with Crippen LogP contribution in [0.15, 0.2) is 24.3 Å². The van der Waals surface area contributed by atoms with Crippen LogP contribution in [-0.2, 0) is 14.3 Å². The van der Waals surface area contributed by atoms with E-state index in [2.05, 4.69) is 12.2 Å². The second-order valence-electron chi connectivity index (χ2n) is 6.52. The maximum absolute atomic E-state index is 12.7. The number of benzene rings is 1. The lowest BCUT2D eigenvalue weighted by atomic mass is 9.76. The van der Waals surface area contributed by atoms with Crippen molar-refractivity contribution in [2.75, 3.05) is 7.11 Å². The molecule has 1 aliphatic rings. The highest BCUT2D eigenvalue weighted by Gasteiger charge is 2.44. The summed E-state index contributed by atoms with van der Waals surface area (Å²) in [6.07, 6.45) is 3.06. The maximum atomic E-state index is 12.7. The fraction of sp³-hybridized carbons (Fsp3) is 0.556. The molecule has 0 spiro atoms. The number of rotatable bonds is 4. The second kappa shape index (κ2) is 7.35. The molecule has 0 radical (unpaired) electrons. The molecule has 23 heavy (non-hydrogen) atoms. The number of methoxy groups -OCH3 is 1. The Hall–Kier alpha value is -1.55. The van der Waals surface area contributed by atoms with E-state index >= 15 is 0 Å². The molecule has 126 valence electrons. The van der Waals surface area contributed by atoms with Gasteiger partial charge in [-0.2, -0.15) is 0 Å². The third-order valence-electron chi connectivity index (χ3n) is 4.83. The van der Waals surface area contributed by atoms with E-state index in [0.29, 0.717) is 23.8 Å². The van der Waals surface area contributed by atoms with Gasteiger partial charge in [-0.25, -0.2) is 4.79 Å². The summed E-state index contributed by atoms with van der Waals surface area (Å²) >= 11 is 5.89. The highest BCUT2D eigenvalue weighted by atomic mass is 35.5. The monoisotopic (exact) mass is 337 g/mol. The van der Waals surface area contributed by atoms with Gasteiger partial charge < -0.3 is 10.1 Å². The quantitative estimate of drug-likeness (QED) is 0.853. The summed E-state index contributed by atoms with van der Waals surface area (Å²) in [6, 6.07) is 7.19. The predicted octanol–water partition coefficient (Wildman–Crippen LogP) is 3.68. The van der Waals surface area contributed by atoms with Crippen LogP contribution in [-0.4, -0.2) is 24.5 Å². The molecule has 1 aliphatic carbocycles.